The molecule has 0 amide bonds. The lowest BCUT2D eigenvalue weighted by Crippen LogP contribution is -2.33. The fourth-order valence-electron chi connectivity index (χ4n) is 4.63. The van der Waals surface area contributed by atoms with E-state index in [0.717, 1.165) is 30.3 Å². The molecule has 0 aromatic carbocycles. The molecule has 0 aromatic heterocycles. The smallest absolute Gasteiger partial charge is 0.0876 e. The predicted molar refractivity (Wildman–Crippen MR) is 56.4 cm³/mol. The van der Waals surface area contributed by atoms with Crippen LogP contribution in [-0.4, -0.2) is 24.9 Å². The van der Waals surface area contributed by atoms with Crippen molar-refractivity contribution in [3.8, 4) is 0 Å². The highest BCUT2D eigenvalue weighted by molar-refractivity contribution is 5.14. The van der Waals surface area contributed by atoms with Gasteiger partial charge in [0.05, 0.1) is 24.9 Å². The van der Waals surface area contributed by atoms with Crippen LogP contribution in [-0.2, 0) is 9.47 Å². The second kappa shape index (κ2) is 2.86. The van der Waals surface area contributed by atoms with Crippen molar-refractivity contribution in [2.75, 3.05) is 6.61 Å². The second-order valence-electron chi connectivity index (χ2n) is 5.67. The van der Waals surface area contributed by atoms with Crippen molar-refractivity contribution in [3.63, 3.8) is 0 Å². The number of rotatable bonds is 3. The minimum Gasteiger partial charge on any atom is -0.374 e. The molecule has 3 aliphatic carbocycles. The van der Waals surface area contributed by atoms with Gasteiger partial charge in [-0.2, -0.15) is 0 Å². The Balaban J connectivity index is 1.52. The van der Waals surface area contributed by atoms with Gasteiger partial charge in [0, 0.05) is 0 Å². The highest BCUT2D eigenvalue weighted by Gasteiger charge is 2.66. The van der Waals surface area contributed by atoms with Gasteiger partial charge in [0.25, 0.3) is 0 Å². The molecule has 2 heteroatoms. The van der Waals surface area contributed by atoms with Gasteiger partial charge < -0.3 is 9.47 Å². The van der Waals surface area contributed by atoms with Crippen LogP contribution in [0.4, 0.5) is 0 Å². The van der Waals surface area contributed by atoms with Crippen LogP contribution in [0.25, 0.3) is 0 Å². The number of ether oxygens (including phenoxy) is 2. The van der Waals surface area contributed by atoms with E-state index in [-0.39, 0.29) is 0 Å². The van der Waals surface area contributed by atoms with E-state index in [2.05, 4.69) is 6.58 Å². The van der Waals surface area contributed by atoms with Crippen LogP contribution in [0.2, 0.25) is 0 Å². The standard InChI is InChI=1S/C13H18O2/c1-2-3-14-10-5-7-4-9(10)12-8(7)6-11-13(12)15-11/h2,7-13H,1,3-6H2/t7-,8-,9+,10-,11-,12+,13+/m1/s1. The van der Waals surface area contributed by atoms with Crippen molar-refractivity contribution in [1.29, 1.82) is 0 Å². The van der Waals surface area contributed by atoms with E-state index in [1.165, 1.54) is 19.3 Å². The maximum absolute atomic E-state index is 5.89. The SMILES string of the molecule is C=CCO[C@@H]1C[C@H]2C[C@@H]1[C@@H]1[C@@H]2C[C@H]2O[C@H]12. The number of hydrogen-bond acceptors (Lipinski definition) is 2. The molecule has 15 heavy (non-hydrogen) atoms. The molecule has 0 radical (unpaired) electrons. The van der Waals surface area contributed by atoms with Gasteiger partial charge in [-0.25, -0.2) is 0 Å². The van der Waals surface area contributed by atoms with Crippen molar-refractivity contribution >= 4 is 0 Å². The Kier molecular flexibility index (Phi) is 1.67. The zero-order valence-corrected chi connectivity index (χ0v) is 8.97. The number of hydrogen-bond donors (Lipinski definition) is 0. The lowest BCUT2D eigenvalue weighted by Gasteiger charge is -2.32. The van der Waals surface area contributed by atoms with Crippen LogP contribution in [0.5, 0.6) is 0 Å². The molecule has 3 saturated carbocycles. The van der Waals surface area contributed by atoms with Gasteiger partial charge in [-0.05, 0) is 42.9 Å². The van der Waals surface area contributed by atoms with Crippen LogP contribution in [0.15, 0.2) is 12.7 Å². The number of fused-ring (bicyclic) bond motifs is 7. The lowest BCUT2D eigenvalue weighted by atomic mass is 9.79. The van der Waals surface area contributed by atoms with E-state index in [0.29, 0.717) is 18.3 Å². The Labute approximate surface area is 90.6 Å². The molecular formula is C13H18O2. The Morgan fingerprint density at radius 3 is 3.07 bits per heavy atom. The third-order valence-electron chi connectivity index (χ3n) is 5.12. The molecule has 4 rings (SSSR count). The van der Waals surface area contributed by atoms with Crippen molar-refractivity contribution < 1.29 is 9.47 Å². The van der Waals surface area contributed by atoms with Gasteiger partial charge in [0.15, 0.2) is 0 Å². The fraction of sp³-hybridized carbons (Fsp3) is 0.846. The Bertz CT molecular complexity index is 301. The van der Waals surface area contributed by atoms with Gasteiger partial charge in [-0.1, -0.05) is 6.08 Å². The van der Waals surface area contributed by atoms with E-state index in [1.807, 2.05) is 6.08 Å². The Hall–Kier alpha value is -0.340. The largest absolute Gasteiger partial charge is 0.374 e. The molecule has 1 aliphatic heterocycles. The van der Waals surface area contributed by atoms with Crippen LogP contribution in [0.3, 0.4) is 0 Å². The molecule has 0 aromatic rings. The summed E-state index contributed by atoms with van der Waals surface area (Å²) in [5.41, 5.74) is 0. The molecule has 0 spiro atoms. The van der Waals surface area contributed by atoms with E-state index >= 15 is 0 Å². The normalized spacial score (nSPS) is 59.1. The molecule has 1 heterocycles. The van der Waals surface area contributed by atoms with E-state index in [1.54, 1.807) is 0 Å². The quantitative estimate of drug-likeness (QED) is 0.520. The molecule has 1 saturated heterocycles. The summed E-state index contributed by atoms with van der Waals surface area (Å²) >= 11 is 0. The summed E-state index contributed by atoms with van der Waals surface area (Å²) in [4.78, 5) is 0. The first kappa shape index (κ1) is 8.77. The first-order valence-electron chi connectivity index (χ1n) is 6.26. The summed E-state index contributed by atoms with van der Waals surface area (Å²) < 4.78 is 11.6. The summed E-state index contributed by atoms with van der Waals surface area (Å²) in [5, 5.41) is 0. The molecule has 82 valence electrons. The van der Waals surface area contributed by atoms with Crippen LogP contribution in [0.1, 0.15) is 19.3 Å². The maximum Gasteiger partial charge on any atom is 0.0876 e. The van der Waals surface area contributed by atoms with Gasteiger partial charge in [-0.15, -0.1) is 6.58 Å². The van der Waals surface area contributed by atoms with Gasteiger partial charge in [-0.3, -0.25) is 0 Å². The highest BCUT2D eigenvalue weighted by Crippen LogP contribution is 2.64. The molecule has 2 bridgehead atoms. The third-order valence-corrected chi connectivity index (χ3v) is 5.12. The van der Waals surface area contributed by atoms with E-state index in [9.17, 15) is 0 Å². The first-order valence-corrected chi connectivity index (χ1v) is 6.26. The summed E-state index contributed by atoms with van der Waals surface area (Å²) in [7, 11) is 0. The zero-order valence-electron chi connectivity index (χ0n) is 8.97. The van der Waals surface area contributed by atoms with Crippen molar-refractivity contribution in [2.24, 2.45) is 23.7 Å². The van der Waals surface area contributed by atoms with E-state index < -0.39 is 0 Å². The summed E-state index contributed by atoms with van der Waals surface area (Å²) in [6.45, 7) is 4.45. The Morgan fingerprint density at radius 1 is 1.27 bits per heavy atom. The van der Waals surface area contributed by atoms with Crippen molar-refractivity contribution in [3.05, 3.63) is 12.7 Å². The van der Waals surface area contributed by atoms with Crippen LogP contribution < -0.4 is 0 Å². The fourth-order valence-corrected chi connectivity index (χ4v) is 4.63. The van der Waals surface area contributed by atoms with Crippen molar-refractivity contribution in [2.45, 2.75) is 37.6 Å². The Morgan fingerprint density at radius 2 is 2.20 bits per heavy atom. The zero-order chi connectivity index (χ0) is 9.99. The third kappa shape index (κ3) is 1.07. The minimum absolute atomic E-state index is 0.511. The van der Waals surface area contributed by atoms with E-state index in [4.69, 9.17) is 9.47 Å². The summed E-state index contributed by atoms with van der Waals surface area (Å²) in [6, 6.07) is 0. The van der Waals surface area contributed by atoms with Gasteiger partial charge in [0.2, 0.25) is 0 Å². The average molecular weight is 206 g/mol. The molecule has 7 atom stereocenters. The van der Waals surface area contributed by atoms with Crippen LogP contribution >= 0.6 is 0 Å². The van der Waals surface area contributed by atoms with Crippen molar-refractivity contribution in [1.82, 2.24) is 0 Å². The molecule has 4 fully saturated rings. The maximum atomic E-state index is 5.89. The summed E-state index contributed by atoms with van der Waals surface area (Å²) in [5.74, 6) is 3.59. The number of epoxide rings is 1. The van der Waals surface area contributed by atoms with Crippen LogP contribution in [0, 0.1) is 23.7 Å². The molecule has 0 N–H and O–H groups in total. The second-order valence-corrected chi connectivity index (χ2v) is 5.67. The minimum atomic E-state index is 0.511. The highest BCUT2D eigenvalue weighted by atomic mass is 16.6. The van der Waals surface area contributed by atoms with Gasteiger partial charge in [0.1, 0.15) is 0 Å². The summed E-state index contributed by atoms with van der Waals surface area (Å²) in [6.07, 6.45) is 7.71. The lowest BCUT2D eigenvalue weighted by molar-refractivity contribution is -0.0107. The molecule has 4 aliphatic rings. The monoisotopic (exact) mass is 206 g/mol. The molecule has 0 unspecified atom stereocenters. The van der Waals surface area contributed by atoms with Gasteiger partial charge >= 0.3 is 0 Å². The molecular weight excluding hydrogens is 188 g/mol. The average Bonchev–Trinajstić information content (AvgIpc) is 2.65. The first-order chi connectivity index (χ1) is 7.38. The topological polar surface area (TPSA) is 21.8 Å². The predicted octanol–water partition coefficient (Wildman–Crippen LogP) is 2.00. The molecule has 2 nitrogen and oxygen atoms in total.